The Morgan fingerprint density at radius 2 is 2.27 bits per heavy atom. The summed E-state index contributed by atoms with van der Waals surface area (Å²) in [7, 11) is 5.56. The van der Waals surface area contributed by atoms with Crippen molar-refractivity contribution >= 4 is 24.7 Å². The molecule has 11 heavy (non-hydrogen) atoms. The van der Waals surface area contributed by atoms with Gasteiger partial charge in [-0.3, -0.25) is 0 Å². The second-order valence-corrected chi connectivity index (χ2v) is 2.38. The van der Waals surface area contributed by atoms with Crippen molar-refractivity contribution in [2.75, 3.05) is 17.6 Å². The first kappa shape index (κ1) is 7.99. The quantitative estimate of drug-likeness (QED) is 0.470. The summed E-state index contributed by atoms with van der Waals surface area (Å²) < 4.78 is 0. The standard InChI is InChI=1S/C8H11BN2/c1-2-11-8-5-6(9)3-4-7(8)10/h3-5,11H,2,10H2,1H3. The van der Waals surface area contributed by atoms with Crippen molar-refractivity contribution in [2.24, 2.45) is 0 Å². The van der Waals surface area contributed by atoms with E-state index in [0.717, 1.165) is 23.4 Å². The molecule has 2 nitrogen and oxygen atoms in total. The molecule has 0 spiro atoms. The number of hydrogen-bond donors (Lipinski definition) is 2. The summed E-state index contributed by atoms with van der Waals surface area (Å²) in [6.45, 7) is 2.87. The van der Waals surface area contributed by atoms with Crippen LogP contribution in [-0.2, 0) is 0 Å². The SMILES string of the molecule is [B]c1ccc(N)c(NCC)c1. The molecule has 2 radical (unpaired) electrons. The van der Waals surface area contributed by atoms with Crippen molar-refractivity contribution in [3.05, 3.63) is 18.2 Å². The van der Waals surface area contributed by atoms with Crippen molar-refractivity contribution < 1.29 is 0 Å². The van der Waals surface area contributed by atoms with E-state index in [1.54, 1.807) is 12.1 Å². The molecule has 1 rings (SSSR count). The van der Waals surface area contributed by atoms with E-state index in [1.807, 2.05) is 13.0 Å². The van der Waals surface area contributed by atoms with Crippen molar-refractivity contribution in [1.82, 2.24) is 0 Å². The second-order valence-electron chi connectivity index (χ2n) is 2.38. The Morgan fingerprint density at radius 1 is 1.55 bits per heavy atom. The summed E-state index contributed by atoms with van der Waals surface area (Å²) in [6, 6.07) is 5.42. The minimum absolute atomic E-state index is 0.732. The van der Waals surface area contributed by atoms with Crippen molar-refractivity contribution in [1.29, 1.82) is 0 Å². The third-order valence-corrected chi connectivity index (χ3v) is 1.44. The average molecular weight is 146 g/mol. The van der Waals surface area contributed by atoms with Crippen molar-refractivity contribution in [3.8, 4) is 0 Å². The zero-order valence-corrected chi connectivity index (χ0v) is 6.59. The van der Waals surface area contributed by atoms with Gasteiger partial charge < -0.3 is 11.1 Å². The van der Waals surface area contributed by atoms with E-state index in [9.17, 15) is 0 Å². The van der Waals surface area contributed by atoms with Crippen LogP contribution in [-0.4, -0.2) is 14.4 Å². The minimum atomic E-state index is 0.732. The Balaban J connectivity index is 2.93. The second kappa shape index (κ2) is 3.33. The van der Waals surface area contributed by atoms with Crippen LogP contribution in [0.5, 0.6) is 0 Å². The molecule has 0 saturated heterocycles. The molecule has 0 fully saturated rings. The van der Waals surface area contributed by atoms with Crippen LogP contribution in [0.4, 0.5) is 11.4 Å². The molecular weight excluding hydrogens is 135 g/mol. The lowest BCUT2D eigenvalue weighted by Gasteiger charge is -2.07. The van der Waals surface area contributed by atoms with Crippen LogP contribution >= 0.6 is 0 Å². The number of hydrogen-bond acceptors (Lipinski definition) is 2. The van der Waals surface area contributed by atoms with E-state index in [4.69, 9.17) is 13.6 Å². The van der Waals surface area contributed by atoms with E-state index in [2.05, 4.69) is 5.32 Å². The molecule has 0 aliphatic heterocycles. The Labute approximate surface area is 68.2 Å². The summed E-state index contributed by atoms with van der Waals surface area (Å²) in [6.07, 6.45) is 0. The molecule has 0 aliphatic carbocycles. The maximum absolute atomic E-state index is 5.66. The summed E-state index contributed by atoms with van der Waals surface area (Å²) in [5.41, 5.74) is 8.04. The van der Waals surface area contributed by atoms with Gasteiger partial charge in [-0.2, -0.15) is 0 Å². The monoisotopic (exact) mass is 146 g/mol. The van der Waals surface area contributed by atoms with Crippen molar-refractivity contribution in [2.45, 2.75) is 6.92 Å². The van der Waals surface area contributed by atoms with Crippen LogP contribution in [0, 0.1) is 0 Å². The Bertz CT molecular complexity index is 248. The molecule has 0 heterocycles. The van der Waals surface area contributed by atoms with Crippen LogP contribution in [0.2, 0.25) is 0 Å². The van der Waals surface area contributed by atoms with Gasteiger partial charge in [0.15, 0.2) is 0 Å². The highest BCUT2D eigenvalue weighted by Crippen LogP contribution is 2.14. The van der Waals surface area contributed by atoms with Gasteiger partial charge in [0.25, 0.3) is 0 Å². The maximum Gasteiger partial charge on any atom is 0.113 e. The van der Waals surface area contributed by atoms with Crippen LogP contribution in [0.1, 0.15) is 6.92 Å². The molecular formula is C8H11BN2. The van der Waals surface area contributed by atoms with E-state index >= 15 is 0 Å². The maximum atomic E-state index is 5.66. The van der Waals surface area contributed by atoms with E-state index in [1.165, 1.54) is 0 Å². The first-order chi connectivity index (χ1) is 5.24. The fraction of sp³-hybridized carbons (Fsp3) is 0.250. The number of anilines is 2. The van der Waals surface area contributed by atoms with Gasteiger partial charge in [-0.25, -0.2) is 0 Å². The molecule has 0 atom stereocenters. The highest BCUT2D eigenvalue weighted by atomic mass is 14.9. The molecule has 1 aromatic rings. The molecule has 3 heteroatoms. The van der Waals surface area contributed by atoms with E-state index in [0.29, 0.717) is 0 Å². The zero-order valence-electron chi connectivity index (χ0n) is 6.59. The lowest BCUT2D eigenvalue weighted by Crippen LogP contribution is -2.07. The summed E-state index contributed by atoms with van der Waals surface area (Å²) in [5, 5.41) is 3.11. The normalized spacial score (nSPS) is 9.55. The topological polar surface area (TPSA) is 38.0 Å². The van der Waals surface area contributed by atoms with E-state index < -0.39 is 0 Å². The third kappa shape index (κ3) is 1.90. The van der Waals surface area contributed by atoms with Crippen LogP contribution in [0.3, 0.4) is 0 Å². The molecule has 0 unspecified atom stereocenters. The number of nitrogens with two attached hydrogens (primary N) is 1. The summed E-state index contributed by atoms with van der Waals surface area (Å²) in [4.78, 5) is 0. The fourth-order valence-electron chi connectivity index (χ4n) is 0.917. The predicted octanol–water partition coefficient (Wildman–Crippen LogP) is 0.494. The van der Waals surface area contributed by atoms with Gasteiger partial charge in [0.2, 0.25) is 0 Å². The lowest BCUT2D eigenvalue weighted by molar-refractivity contribution is 1.22. The van der Waals surface area contributed by atoms with Gasteiger partial charge in [0.1, 0.15) is 7.85 Å². The zero-order chi connectivity index (χ0) is 8.27. The van der Waals surface area contributed by atoms with Crippen LogP contribution in [0.25, 0.3) is 0 Å². The minimum Gasteiger partial charge on any atom is -0.397 e. The molecule has 3 N–H and O–H groups in total. The first-order valence-corrected chi connectivity index (χ1v) is 3.63. The molecule has 0 bridgehead atoms. The Kier molecular flexibility index (Phi) is 2.42. The van der Waals surface area contributed by atoms with Gasteiger partial charge in [0, 0.05) is 6.54 Å². The smallest absolute Gasteiger partial charge is 0.113 e. The largest absolute Gasteiger partial charge is 0.397 e. The molecule has 0 amide bonds. The number of nitrogens with one attached hydrogen (secondary N) is 1. The number of nitrogen functional groups attached to an aromatic ring is 1. The first-order valence-electron chi connectivity index (χ1n) is 3.63. The van der Waals surface area contributed by atoms with Crippen molar-refractivity contribution in [3.63, 3.8) is 0 Å². The summed E-state index contributed by atoms with van der Waals surface area (Å²) >= 11 is 0. The fourth-order valence-corrected chi connectivity index (χ4v) is 0.917. The van der Waals surface area contributed by atoms with E-state index in [-0.39, 0.29) is 0 Å². The van der Waals surface area contributed by atoms with Crippen LogP contribution in [0.15, 0.2) is 18.2 Å². The molecule has 56 valence electrons. The van der Waals surface area contributed by atoms with Gasteiger partial charge >= 0.3 is 0 Å². The van der Waals surface area contributed by atoms with Gasteiger partial charge in [-0.1, -0.05) is 11.5 Å². The van der Waals surface area contributed by atoms with Crippen LogP contribution < -0.4 is 16.5 Å². The number of rotatable bonds is 2. The molecule has 1 aromatic carbocycles. The Morgan fingerprint density at radius 3 is 2.91 bits per heavy atom. The number of benzene rings is 1. The Hall–Kier alpha value is -1.12. The predicted molar refractivity (Wildman–Crippen MR) is 50.4 cm³/mol. The van der Waals surface area contributed by atoms with Gasteiger partial charge in [0.05, 0.1) is 11.4 Å². The lowest BCUT2D eigenvalue weighted by atomic mass is 9.95. The molecule has 0 aliphatic rings. The molecule has 0 saturated carbocycles. The third-order valence-electron chi connectivity index (χ3n) is 1.44. The summed E-state index contributed by atoms with van der Waals surface area (Å²) in [5.74, 6) is 0. The van der Waals surface area contributed by atoms with Gasteiger partial charge in [-0.15, -0.1) is 0 Å². The molecule has 0 aromatic heterocycles. The highest BCUT2D eigenvalue weighted by molar-refractivity contribution is 6.32. The average Bonchev–Trinajstić information content (AvgIpc) is 1.98. The van der Waals surface area contributed by atoms with Gasteiger partial charge in [-0.05, 0) is 19.1 Å². The highest BCUT2D eigenvalue weighted by Gasteiger charge is 1.95.